The number of rotatable bonds is 6. The van der Waals surface area contributed by atoms with E-state index in [2.05, 4.69) is 32.6 Å². The third kappa shape index (κ3) is 3.49. The molecule has 1 fully saturated rings. The molecule has 3 aromatic heterocycles. The summed E-state index contributed by atoms with van der Waals surface area (Å²) in [5.74, 6) is 2.13. The summed E-state index contributed by atoms with van der Waals surface area (Å²) < 4.78 is 7.18. The molecule has 3 heterocycles. The van der Waals surface area contributed by atoms with Crippen LogP contribution >= 0.6 is 0 Å². The number of nitrogens with one attached hydrogen (secondary N) is 1. The second kappa shape index (κ2) is 7.12. The van der Waals surface area contributed by atoms with Gasteiger partial charge in [0, 0.05) is 23.4 Å². The maximum atomic E-state index is 12.5. The second-order valence-electron chi connectivity index (χ2n) is 7.23. The van der Waals surface area contributed by atoms with Crippen molar-refractivity contribution in [1.82, 2.24) is 24.7 Å². The molecule has 0 radical (unpaired) electrons. The molecule has 146 valence electrons. The van der Waals surface area contributed by atoms with E-state index in [9.17, 15) is 4.79 Å². The standard InChI is InChI=1S/C21H20N6O2/c1-2-13-5-3-4-6-16(13)22-19(28)12-18-25-24-17-11-15(9-10-27(17)18)21-23-20(26-29-21)14-7-8-14/h3-6,9-11,14H,2,7-8,12H2,1H3,(H,22,28). The number of anilines is 1. The molecule has 1 aromatic carbocycles. The van der Waals surface area contributed by atoms with Crippen LogP contribution in [0.5, 0.6) is 0 Å². The van der Waals surface area contributed by atoms with Crippen LogP contribution in [-0.4, -0.2) is 30.6 Å². The fourth-order valence-electron chi connectivity index (χ4n) is 3.34. The predicted octanol–water partition coefficient (Wildman–Crippen LogP) is 3.40. The number of carbonyl (C=O) groups is 1. The van der Waals surface area contributed by atoms with Gasteiger partial charge in [-0.3, -0.25) is 9.20 Å². The lowest BCUT2D eigenvalue weighted by atomic mass is 10.1. The van der Waals surface area contributed by atoms with Gasteiger partial charge in [0.25, 0.3) is 5.89 Å². The molecular weight excluding hydrogens is 368 g/mol. The number of aryl methyl sites for hydroxylation is 1. The topological polar surface area (TPSA) is 98.2 Å². The van der Waals surface area contributed by atoms with Crippen LogP contribution in [0, 0.1) is 0 Å². The van der Waals surface area contributed by atoms with Crippen molar-refractivity contribution in [3.05, 3.63) is 59.8 Å². The fourth-order valence-corrected chi connectivity index (χ4v) is 3.34. The number of carbonyl (C=O) groups excluding carboxylic acids is 1. The zero-order valence-corrected chi connectivity index (χ0v) is 16.0. The van der Waals surface area contributed by atoms with E-state index in [1.165, 1.54) is 0 Å². The summed E-state index contributed by atoms with van der Waals surface area (Å²) in [6.07, 6.45) is 5.05. The molecule has 1 N–H and O–H groups in total. The maximum absolute atomic E-state index is 12.5. The van der Waals surface area contributed by atoms with Gasteiger partial charge in [-0.2, -0.15) is 4.98 Å². The van der Waals surface area contributed by atoms with Gasteiger partial charge in [-0.15, -0.1) is 10.2 Å². The van der Waals surface area contributed by atoms with Crippen LogP contribution in [0.25, 0.3) is 17.1 Å². The minimum absolute atomic E-state index is 0.129. The van der Waals surface area contributed by atoms with E-state index in [1.54, 1.807) is 4.40 Å². The SMILES string of the molecule is CCc1ccccc1NC(=O)Cc1nnc2cc(-c3nc(C4CC4)no3)ccn12. The van der Waals surface area contributed by atoms with Crippen LogP contribution < -0.4 is 5.32 Å². The predicted molar refractivity (Wildman–Crippen MR) is 106 cm³/mol. The van der Waals surface area contributed by atoms with Crippen LogP contribution in [-0.2, 0) is 17.6 Å². The van der Waals surface area contributed by atoms with Crippen LogP contribution in [0.4, 0.5) is 5.69 Å². The Hall–Kier alpha value is -3.55. The van der Waals surface area contributed by atoms with Gasteiger partial charge >= 0.3 is 0 Å². The Bertz CT molecular complexity index is 1190. The highest BCUT2D eigenvalue weighted by atomic mass is 16.5. The zero-order valence-electron chi connectivity index (χ0n) is 16.0. The lowest BCUT2D eigenvalue weighted by Gasteiger charge is -2.09. The number of pyridine rings is 1. The number of hydrogen-bond donors (Lipinski definition) is 1. The van der Waals surface area contributed by atoms with Crippen molar-refractivity contribution in [3.8, 4) is 11.5 Å². The average Bonchev–Trinajstić information content (AvgIpc) is 3.34. The summed E-state index contributed by atoms with van der Waals surface area (Å²) in [6.45, 7) is 2.06. The van der Waals surface area contributed by atoms with Gasteiger partial charge in [0.1, 0.15) is 5.82 Å². The van der Waals surface area contributed by atoms with Crippen molar-refractivity contribution in [2.45, 2.75) is 38.5 Å². The largest absolute Gasteiger partial charge is 0.334 e. The van der Waals surface area contributed by atoms with E-state index < -0.39 is 0 Å². The third-order valence-corrected chi connectivity index (χ3v) is 5.10. The van der Waals surface area contributed by atoms with E-state index in [0.29, 0.717) is 23.3 Å². The molecule has 0 bridgehead atoms. The number of fused-ring (bicyclic) bond motifs is 1. The molecule has 1 saturated carbocycles. The molecule has 4 aromatic rings. The fraction of sp³-hybridized carbons (Fsp3) is 0.286. The Morgan fingerprint density at radius 1 is 1.24 bits per heavy atom. The molecule has 0 aliphatic heterocycles. The summed E-state index contributed by atoms with van der Waals surface area (Å²) in [5, 5.41) is 15.4. The van der Waals surface area contributed by atoms with Gasteiger partial charge in [-0.25, -0.2) is 0 Å². The Labute approximate surface area is 167 Å². The van der Waals surface area contributed by atoms with Crippen LogP contribution in [0.1, 0.15) is 42.9 Å². The average molecular weight is 388 g/mol. The van der Waals surface area contributed by atoms with Crippen LogP contribution in [0.15, 0.2) is 47.1 Å². The molecule has 29 heavy (non-hydrogen) atoms. The summed E-state index contributed by atoms with van der Waals surface area (Å²) in [5.41, 5.74) is 3.35. The monoisotopic (exact) mass is 388 g/mol. The van der Waals surface area contributed by atoms with Crippen LogP contribution in [0.3, 0.4) is 0 Å². The van der Waals surface area contributed by atoms with E-state index in [0.717, 1.165) is 41.9 Å². The maximum Gasteiger partial charge on any atom is 0.258 e. The normalized spacial score (nSPS) is 13.7. The van der Waals surface area contributed by atoms with Gasteiger partial charge in [0.05, 0.1) is 6.42 Å². The number of hydrogen-bond acceptors (Lipinski definition) is 6. The molecule has 8 nitrogen and oxygen atoms in total. The zero-order chi connectivity index (χ0) is 19.8. The molecule has 1 aliphatic rings. The summed E-state index contributed by atoms with van der Waals surface area (Å²) in [6, 6.07) is 11.5. The van der Waals surface area contributed by atoms with Gasteiger partial charge in [-0.1, -0.05) is 30.3 Å². The number of amides is 1. The van der Waals surface area contributed by atoms with Gasteiger partial charge in [0.2, 0.25) is 5.91 Å². The Morgan fingerprint density at radius 2 is 2.10 bits per heavy atom. The third-order valence-electron chi connectivity index (χ3n) is 5.10. The first-order chi connectivity index (χ1) is 14.2. The van der Waals surface area contributed by atoms with Crippen molar-refractivity contribution >= 4 is 17.2 Å². The highest BCUT2D eigenvalue weighted by Gasteiger charge is 2.29. The summed E-state index contributed by atoms with van der Waals surface area (Å²) in [4.78, 5) is 17.0. The first-order valence-electron chi connectivity index (χ1n) is 9.76. The van der Waals surface area contributed by atoms with E-state index in [1.807, 2.05) is 42.6 Å². The molecule has 0 spiro atoms. The van der Waals surface area contributed by atoms with Crippen molar-refractivity contribution in [2.75, 3.05) is 5.32 Å². The first-order valence-corrected chi connectivity index (χ1v) is 9.76. The molecule has 5 rings (SSSR count). The molecule has 1 aliphatic carbocycles. The number of nitrogens with zero attached hydrogens (tertiary/aromatic N) is 5. The minimum atomic E-state index is -0.129. The molecule has 0 unspecified atom stereocenters. The first kappa shape index (κ1) is 17.5. The van der Waals surface area contributed by atoms with Crippen LogP contribution in [0.2, 0.25) is 0 Å². The second-order valence-corrected chi connectivity index (χ2v) is 7.23. The van der Waals surface area contributed by atoms with Gasteiger partial charge in [0.15, 0.2) is 11.5 Å². The van der Waals surface area contributed by atoms with Crippen molar-refractivity contribution in [1.29, 1.82) is 0 Å². The van der Waals surface area contributed by atoms with Gasteiger partial charge < -0.3 is 9.84 Å². The van der Waals surface area contributed by atoms with Crippen molar-refractivity contribution in [2.24, 2.45) is 0 Å². The van der Waals surface area contributed by atoms with E-state index in [4.69, 9.17) is 4.52 Å². The van der Waals surface area contributed by atoms with E-state index in [-0.39, 0.29) is 12.3 Å². The molecule has 0 saturated heterocycles. The lowest BCUT2D eigenvalue weighted by Crippen LogP contribution is -2.17. The highest BCUT2D eigenvalue weighted by Crippen LogP contribution is 2.38. The van der Waals surface area contributed by atoms with Crippen molar-refractivity contribution < 1.29 is 9.32 Å². The van der Waals surface area contributed by atoms with Gasteiger partial charge in [-0.05, 0) is 43.0 Å². The summed E-state index contributed by atoms with van der Waals surface area (Å²) in [7, 11) is 0. The molecule has 0 atom stereocenters. The Kier molecular flexibility index (Phi) is 4.31. The molecule has 1 amide bonds. The molecule has 8 heteroatoms. The van der Waals surface area contributed by atoms with Crippen molar-refractivity contribution in [3.63, 3.8) is 0 Å². The Morgan fingerprint density at radius 3 is 2.93 bits per heavy atom. The quantitative estimate of drug-likeness (QED) is 0.544. The smallest absolute Gasteiger partial charge is 0.258 e. The Balaban J connectivity index is 1.34. The summed E-state index contributed by atoms with van der Waals surface area (Å²) >= 11 is 0. The van der Waals surface area contributed by atoms with E-state index >= 15 is 0 Å². The highest BCUT2D eigenvalue weighted by molar-refractivity contribution is 5.92. The lowest BCUT2D eigenvalue weighted by molar-refractivity contribution is -0.115. The number of para-hydroxylation sites is 1. The number of aromatic nitrogens is 5. The number of benzene rings is 1. The molecular formula is C21H20N6O2. The minimum Gasteiger partial charge on any atom is -0.334 e.